The Labute approximate surface area is 118 Å². The predicted octanol–water partition coefficient (Wildman–Crippen LogP) is 2.67. The Morgan fingerprint density at radius 1 is 1.32 bits per heavy atom. The molecule has 4 heteroatoms. The lowest BCUT2D eigenvalue weighted by molar-refractivity contribution is -0.128. The van der Waals surface area contributed by atoms with Crippen LogP contribution in [0.2, 0.25) is 0 Å². The molecule has 1 amide bonds. The first kappa shape index (κ1) is 15.9. The van der Waals surface area contributed by atoms with Gasteiger partial charge in [-0.1, -0.05) is 29.8 Å². The lowest BCUT2D eigenvalue weighted by atomic mass is 10.1. The smallest absolute Gasteiger partial charge is 0.235 e. The Bertz CT molecular complexity index is 455. The van der Waals surface area contributed by atoms with Crippen LogP contribution in [0.1, 0.15) is 37.1 Å². The number of rotatable bonds is 6. The summed E-state index contributed by atoms with van der Waals surface area (Å²) in [6.45, 7) is 9.15. The Kier molecular flexibility index (Phi) is 6.22. The summed E-state index contributed by atoms with van der Waals surface area (Å²) in [6, 6.07) is 7.98. The molecule has 19 heavy (non-hydrogen) atoms. The third-order valence-corrected chi connectivity index (χ3v) is 4.88. The lowest BCUT2D eigenvalue weighted by Gasteiger charge is -2.19. The van der Waals surface area contributed by atoms with Gasteiger partial charge in [-0.3, -0.25) is 9.00 Å². The fraction of sp³-hybridized carbons (Fsp3) is 0.533. The van der Waals surface area contributed by atoms with Crippen molar-refractivity contribution < 1.29 is 9.00 Å². The number of hydrogen-bond acceptors (Lipinski definition) is 2. The minimum atomic E-state index is -1.17. The molecule has 106 valence electrons. The normalized spacial score (nSPS) is 13.9. The average Bonchev–Trinajstić information content (AvgIpc) is 2.39. The van der Waals surface area contributed by atoms with Gasteiger partial charge in [-0.25, -0.2) is 0 Å². The molecule has 0 N–H and O–H groups in total. The predicted molar refractivity (Wildman–Crippen MR) is 80.5 cm³/mol. The maximum Gasteiger partial charge on any atom is 0.235 e. The van der Waals surface area contributed by atoms with E-state index in [4.69, 9.17) is 0 Å². The van der Waals surface area contributed by atoms with E-state index >= 15 is 0 Å². The molecular weight excluding hydrogens is 258 g/mol. The van der Waals surface area contributed by atoms with Crippen molar-refractivity contribution in [2.45, 2.75) is 32.9 Å². The van der Waals surface area contributed by atoms with Crippen LogP contribution in [0, 0.1) is 6.92 Å². The van der Waals surface area contributed by atoms with Gasteiger partial charge in [-0.05, 0) is 33.3 Å². The zero-order valence-electron chi connectivity index (χ0n) is 12.2. The van der Waals surface area contributed by atoms with E-state index in [2.05, 4.69) is 0 Å². The number of carbonyl (C=O) groups excluding carboxylic acids is 1. The quantitative estimate of drug-likeness (QED) is 0.804. The average molecular weight is 281 g/mol. The molecule has 0 fully saturated rings. The van der Waals surface area contributed by atoms with E-state index in [0.29, 0.717) is 13.1 Å². The third kappa shape index (κ3) is 4.46. The van der Waals surface area contributed by atoms with Crippen molar-refractivity contribution in [3.05, 3.63) is 35.4 Å². The van der Waals surface area contributed by atoms with Gasteiger partial charge in [-0.2, -0.15) is 0 Å². The number of aryl methyl sites for hydroxylation is 1. The Morgan fingerprint density at radius 3 is 2.47 bits per heavy atom. The van der Waals surface area contributed by atoms with Gasteiger partial charge in [0.15, 0.2) is 0 Å². The fourth-order valence-corrected chi connectivity index (χ4v) is 3.12. The highest BCUT2D eigenvalue weighted by atomic mass is 32.2. The Balaban J connectivity index is 2.70. The van der Waals surface area contributed by atoms with Gasteiger partial charge >= 0.3 is 0 Å². The molecule has 0 aliphatic heterocycles. The molecule has 0 heterocycles. The van der Waals surface area contributed by atoms with E-state index in [9.17, 15) is 9.00 Å². The molecule has 1 aromatic carbocycles. The van der Waals surface area contributed by atoms with Crippen LogP contribution in [0.15, 0.2) is 24.3 Å². The minimum absolute atomic E-state index is 0.0252. The molecule has 2 atom stereocenters. The van der Waals surface area contributed by atoms with Crippen LogP contribution >= 0.6 is 0 Å². The summed E-state index contributed by atoms with van der Waals surface area (Å²) in [7, 11) is -1.17. The highest BCUT2D eigenvalue weighted by Gasteiger charge is 2.19. The van der Waals surface area contributed by atoms with Gasteiger partial charge in [0.05, 0.1) is 5.25 Å². The van der Waals surface area contributed by atoms with Crippen LogP contribution in [0.25, 0.3) is 0 Å². The van der Waals surface area contributed by atoms with Crippen LogP contribution in [-0.2, 0) is 15.6 Å². The van der Waals surface area contributed by atoms with E-state index < -0.39 is 10.8 Å². The van der Waals surface area contributed by atoms with Crippen LogP contribution in [-0.4, -0.2) is 33.9 Å². The molecule has 0 aromatic heterocycles. The Morgan fingerprint density at radius 2 is 1.95 bits per heavy atom. The lowest BCUT2D eigenvalue weighted by Crippen LogP contribution is -2.34. The first-order chi connectivity index (χ1) is 8.99. The number of benzene rings is 1. The first-order valence-electron chi connectivity index (χ1n) is 6.71. The van der Waals surface area contributed by atoms with Gasteiger partial charge in [0.2, 0.25) is 5.91 Å². The molecular formula is C15H23NO2S. The van der Waals surface area contributed by atoms with Crippen molar-refractivity contribution in [2.24, 2.45) is 0 Å². The molecule has 0 bridgehead atoms. The molecule has 0 saturated heterocycles. The van der Waals surface area contributed by atoms with Gasteiger partial charge in [0, 0.05) is 23.9 Å². The molecule has 0 saturated carbocycles. The van der Waals surface area contributed by atoms with Crippen LogP contribution in [0.5, 0.6) is 0 Å². The zero-order valence-corrected chi connectivity index (χ0v) is 13.0. The summed E-state index contributed by atoms with van der Waals surface area (Å²) in [5.74, 6) is 0.0828. The number of nitrogens with zero attached hydrogens (tertiary/aromatic N) is 1. The Hall–Kier alpha value is -1.16. The number of carbonyl (C=O) groups is 1. The second-order valence-electron chi connectivity index (χ2n) is 4.65. The monoisotopic (exact) mass is 281 g/mol. The van der Waals surface area contributed by atoms with Crippen molar-refractivity contribution in [3.8, 4) is 0 Å². The van der Waals surface area contributed by atoms with Crippen LogP contribution in [0.4, 0.5) is 0 Å². The van der Waals surface area contributed by atoms with E-state index in [1.807, 2.05) is 52.0 Å². The van der Waals surface area contributed by atoms with E-state index in [-0.39, 0.29) is 16.9 Å². The van der Waals surface area contributed by atoms with Crippen molar-refractivity contribution in [3.63, 3.8) is 0 Å². The molecule has 0 spiro atoms. The van der Waals surface area contributed by atoms with Gasteiger partial charge in [0.1, 0.15) is 5.75 Å². The number of hydrogen-bond donors (Lipinski definition) is 0. The molecule has 0 unspecified atom stereocenters. The molecule has 3 nitrogen and oxygen atoms in total. The van der Waals surface area contributed by atoms with E-state index in [0.717, 1.165) is 11.1 Å². The van der Waals surface area contributed by atoms with Gasteiger partial charge in [-0.15, -0.1) is 0 Å². The third-order valence-electron chi connectivity index (χ3n) is 3.29. The fourth-order valence-electron chi connectivity index (χ4n) is 1.99. The topological polar surface area (TPSA) is 37.4 Å². The van der Waals surface area contributed by atoms with Crippen molar-refractivity contribution in [2.75, 3.05) is 18.8 Å². The van der Waals surface area contributed by atoms with Crippen molar-refractivity contribution in [1.82, 2.24) is 4.90 Å². The van der Waals surface area contributed by atoms with E-state index in [1.165, 1.54) is 0 Å². The second kappa shape index (κ2) is 7.43. The molecule has 0 radical (unpaired) electrons. The summed E-state index contributed by atoms with van der Waals surface area (Å²) in [6.07, 6.45) is 0. The molecule has 1 aromatic rings. The zero-order chi connectivity index (χ0) is 14.4. The van der Waals surface area contributed by atoms with Crippen LogP contribution < -0.4 is 0 Å². The summed E-state index contributed by atoms with van der Waals surface area (Å²) in [5, 5.41) is -0.112. The summed E-state index contributed by atoms with van der Waals surface area (Å²) >= 11 is 0. The standard InChI is InChI=1S/C15H23NO2S/c1-5-16(6-2)15(17)11-19(18)13(4)14-9-7-8-12(3)10-14/h7-10,13H,5-6,11H2,1-4H3/t13-,19+/m0/s1. The molecule has 1 rings (SSSR count). The molecule has 0 aliphatic carbocycles. The van der Waals surface area contributed by atoms with Gasteiger partial charge in [0.25, 0.3) is 0 Å². The highest BCUT2D eigenvalue weighted by Crippen LogP contribution is 2.20. The summed E-state index contributed by atoms with van der Waals surface area (Å²) < 4.78 is 12.3. The number of amides is 1. The SMILES string of the molecule is CCN(CC)C(=O)C[S@@](=O)[C@@H](C)c1cccc(C)c1. The summed E-state index contributed by atoms with van der Waals surface area (Å²) in [4.78, 5) is 13.7. The maximum atomic E-state index is 12.3. The first-order valence-corrected chi connectivity index (χ1v) is 8.09. The molecule has 0 aliphatic rings. The second-order valence-corrected chi connectivity index (χ2v) is 6.40. The van der Waals surface area contributed by atoms with Crippen molar-refractivity contribution in [1.29, 1.82) is 0 Å². The van der Waals surface area contributed by atoms with Gasteiger partial charge < -0.3 is 4.90 Å². The maximum absolute atomic E-state index is 12.3. The van der Waals surface area contributed by atoms with Crippen LogP contribution in [0.3, 0.4) is 0 Å². The van der Waals surface area contributed by atoms with Crippen molar-refractivity contribution >= 4 is 16.7 Å². The summed E-state index contributed by atoms with van der Waals surface area (Å²) in [5.41, 5.74) is 2.18. The largest absolute Gasteiger partial charge is 0.342 e. The van der Waals surface area contributed by atoms with E-state index in [1.54, 1.807) is 4.90 Å². The minimum Gasteiger partial charge on any atom is -0.342 e. The highest BCUT2D eigenvalue weighted by molar-refractivity contribution is 7.86.